The van der Waals surface area contributed by atoms with Gasteiger partial charge in [-0.3, -0.25) is 9.59 Å². The minimum atomic E-state index is -1.68. The minimum Gasteiger partial charge on any atom is -0.469 e. The van der Waals surface area contributed by atoms with Gasteiger partial charge in [-0.15, -0.1) is 5.54 Å². The van der Waals surface area contributed by atoms with Crippen LogP contribution in [0, 0.1) is 17.4 Å². The molecule has 0 amide bonds. The van der Waals surface area contributed by atoms with Crippen LogP contribution in [0.3, 0.4) is 0 Å². The van der Waals surface area contributed by atoms with E-state index in [1.807, 2.05) is 0 Å². The van der Waals surface area contributed by atoms with Gasteiger partial charge in [0.1, 0.15) is 20.0 Å². The molecule has 0 saturated carbocycles. The summed E-state index contributed by atoms with van der Waals surface area (Å²) in [6, 6.07) is 0. The van der Waals surface area contributed by atoms with E-state index in [1.165, 1.54) is 7.11 Å². The molecule has 1 aliphatic heterocycles. The molecule has 0 unspecified atom stereocenters. The van der Waals surface area contributed by atoms with E-state index >= 15 is 0 Å². The largest absolute Gasteiger partial charge is 0.469 e. The molecule has 0 aromatic carbocycles. The average Bonchev–Trinajstić information content (AvgIpc) is 2.42. The summed E-state index contributed by atoms with van der Waals surface area (Å²) in [4.78, 5) is 23.3. The smallest absolute Gasteiger partial charge is 0.305 e. The number of hydrogen-bond acceptors (Lipinski definition) is 4. The topological polar surface area (TPSA) is 52.6 Å². The number of carbonyl (C=O) groups is 2. The number of Topliss-reactive ketones (excluding diaryl/α,β-unsaturated/α-hetero) is 1. The molecule has 5 heteroatoms. The second kappa shape index (κ2) is 7.43. The van der Waals surface area contributed by atoms with Crippen LogP contribution in [-0.4, -0.2) is 39.6 Å². The highest BCUT2D eigenvalue weighted by Gasteiger charge is 2.34. The molecule has 1 heterocycles. The molecule has 0 aromatic rings. The Labute approximate surface area is 135 Å². The number of methoxy groups -OCH3 is 1. The lowest BCUT2D eigenvalue weighted by Crippen LogP contribution is -2.37. The SMILES string of the molecule is COC(=O)CC[C@@H]1CO[C@H](C#C[Si](C)(C)C(C)(C)C)CC1=O. The third-order valence-corrected chi connectivity index (χ3v) is 9.21. The van der Waals surface area contributed by atoms with E-state index in [9.17, 15) is 9.59 Å². The molecule has 22 heavy (non-hydrogen) atoms. The van der Waals surface area contributed by atoms with E-state index in [0.29, 0.717) is 19.4 Å². The van der Waals surface area contributed by atoms with Crippen LogP contribution in [-0.2, 0) is 19.1 Å². The van der Waals surface area contributed by atoms with Crippen molar-refractivity contribution in [2.45, 2.75) is 64.3 Å². The van der Waals surface area contributed by atoms with Gasteiger partial charge in [0.05, 0.1) is 13.7 Å². The fourth-order valence-electron chi connectivity index (χ4n) is 1.91. The van der Waals surface area contributed by atoms with Crippen molar-refractivity contribution in [2.24, 2.45) is 5.92 Å². The lowest BCUT2D eigenvalue weighted by molar-refractivity contribution is -0.142. The molecule has 124 valence electrons. The van der Waals surface area contributed by atoms with Crippen LogP contribution in [0.5, 0.6) is 0 Å². The third kappa shape index (κ3) is 5.26. The molecule has 0 aromatic heterocycles. The summed E-state index contributed by atoms with van der Waals surface area (Å²) in [5.41, 5.74) is 3.40. The molecule has 0 aliphatic carbocycles. The van der Waals surface area contributed by atoms with Gasteiger partial charge in [0.25, 0.3) is 0 Å². The van der Waals surface area contributed by atoms with Crippen molar-refractivity contribution < 1.29 is 19.1 Å². The maximum Gasteiger partial charge on any atom is 0.305 e. The molecule has 1 fully saturated rings. The Morgan fingerprint density at radius 3 is 2.55 bits per heavy atom. The number of carbonyl (C=O) groups excluding carboxylic acids is 2. The predicted octanol–water partition coefficient (Wildman–Crippen LogP) is 2.96. The summed E-state index contributed by atoms with van der Waals surface area (Å²) in [6.45, 7) is 11.5. The zero-order chi connectivity index (χ0) is 17.0. The average molecular weight is 324 g/mol. The zero-order valence-electron chi connectivity index (χ0n) is 14.6. The first-order valence-electron chi connectivity index (χ1n) is 7.80. The van der Waals surface area contributed by atoms with Gasteiger partial charge < -0.3 is 9.47 Å². The molecule has 2 atom stereocenters. The molecular formula is C17H28O4Si. The number of hydrogen-bond donors (Lipinski definition) is 0. The van der Waals surface area contributed by atoms with E-state index in [0.717, 1.165) is 0 Å². The van der Waals surface area contributed by atoms with Crippen LogP contribution in [0.1, 0.15) is 40.0 Å². The van der Waals surface area contributed by atoms with E-state index < -0.39 is 8.07 Å². The number of rotatable bonds is 3. The van der Waals surface area contributed by atoms with Crippen LogP contribution in [0.2, 0.25) is 18.1 Å². The fourth-order valence-corrected chi connectivity index (χ4v) is 2.81. The Bertz CT molecular complexity index is 479. The van der Waals surface area contributed by atoms with E-state index in [2.05, 4.69) is 50.1 Å². The molecule has 0 N–H and O–H groups in total. The fraction of sp³-hybridized carbons (Fsp3) is 0.765. The van der Waals surface area contributed by atoms with Gasteiger partial charge in [0, 0.05) is 18.8 Å². The van der Waals surface area contributed by atoms with Crippen molar-refractivity contribution in [2.75, 3.05) is 13.7 Å². The molecule has 0 spiro atoms. The Morgan fingerprint density at radius 1 is 1.41 bits per heavy atom. The molecule has 1 saturated heterocycles. The second-order valence-corrected chi connectivity index (χ2v) is 12.4. The molecule has 0 bridgehead atoms. The highest BCUT2D eigenvalue weighted by Crippen LogP contribution is 2.35. The van der Waals surface area contributed by atoms with Gasteiger partial charge in [-0.05, 0) is 11.5 Å². The van der Waals surface area contributed by atoms with Crippen LogP contribution < -0.4 is 0 Å². The summed E-state index contributed by atoms with van der Waals surface area (Å²) < 4.78 is 10.3. The maximum atomic E-state index is 12.1. The minimum absolute atomic E-state index is 0.143. The van der Waals surface area contributed by atoms with Crippen LogP contribution in [0.15, 0.2) is 0 Å². The van der Waals surface area contributed by atoms with Gasteiger partial charge in [-0.25, -0.2) is 0 Å². The van der Waals surface area contributed by atoms with Gasteiger partial charge in [0.15, 0.2) is 0 Å². The highest BCUT2D eigenvalue weighted by molar-refractivity contribution is 6.87. The Balaban J connectivity index is 2.57. The number of esters is 1. The van der Waals surface area contributed by atoms with Crippen molar-refractivity contribution in [3.63, 3.8) is 0 Å². The molecule has 1 rings (SSSR count). The zero-order valence-corrected chi connectivity index (χ0v) is 15.6. The predicted molar refractivity (Wildman–Crippen MR) is 89.1 cm³/mol. The van der Waals surface area contributed by atoms with Crippen LogP contribution in [0.25, 0.3) is 0 Å². The number of ether oxygens (including phenoxy) is 2. The summed E-state index contributed by atoms with van der Waals surface area (Å²) in [5.74, 6) is 2.83. The molecule has 4 nitrogen and oxygen atoms in total. The Morgan fingerprint density at radius 2 is 2.05 bits per heavy atom. The van der Waals surface area contributed by atoms with E-state index in [1.54, 1.807) is 0 Å². The van der Waals surface area contributed by atoms with Crippen molar-refractivity contribution in [3.8, 4) is 11.5 Å². The summed E-state index contributed by atoms with van der Waals surface area (Å²) in [7, 11) is -0.321. The van der Waals surface area contributed by atoms with Crippen molar-refractivity contribution in [3.05, 3.63) is 0 Å². The van der Waals surface area contributed by atoms with Crippen LogP contribution >= 0.6 is 0 Å². The van der Waals surface area contributed by atoms with Crippen molar-refractivity contribution in [1.82, 2.24) is 0 Å². The first-order valence-corrected chi connectivity index (χ1v) is 10.8. The first-order chi connectivity index (χ1) is 10.1. The third-order valence-electron chi connectivity index (χ3n) is 4.69. The standard InChI is InChI=1S/C17H28O4Si/c1-17(2,3)22(5,6)10-9-14-11-15(18)13(12-21-14)7-8-16(19)20-4/h13-14H,7-8,11-12H2,1-6H3/t13-,14-/m1/s1. The summed E-state index contributed by atoms with van der Waals surface area (Å²) >= 11 is 0. The normalized spacial score (nSPS) is 22.7. The van der Waals surface area contributed by atoms with Gasteiger partial charge in [-0.2, -0.15) is 0 Å². The van der Waals surface area contributed by atoms with Crippen molar-refractivity contribution in [1.29, 1.82) is 0 Å². The van der Waals surface area contributed by atoms with Gasteiger partial charge >= 0.3 is 5.97 Å². The Kier molecular flexibility index (Phi) is 6.39. The molecular weight excluding hydrogens is 296 g/mol. The maximum absolute atomic E-state index is 12.1. The van der Waals surface area contributed by atoms with Gasteiger partial charge in [-0.1, -0.05) is 39.8 Å². The van der Waals surface area contributed by atoms with Gasteiger partial charge in [0.2, 0.25) is 0 Å². The first kappa shape index (κ1) is 18.9. The molecule has 0 radical (unpaired) electrons. The van der Waals surface area contributed by atoms with E-state index in [-0.39, 0.29) is 35.2 Å². The quantitative estimate of drug-likeness (QED) is 0.455. The second-order valence-electron chi connectivity index (χ2n) is 7.45. The monoisotopic (exact) mass is 324 g/mol. The molecule has 1 aliphatic rings. The number of ketones is 1. The van der Waals surface area contributed by atoms with E-state index in [4.69, 9.17) is 4.74 Å². The summed E-state index contributed by atoms with van der Waals surface area (Å²) in [5, 5.41) is 0.196. The van der Waals surface area contributed by atoms with Crippen molar-refractivity contribution >= 4 is 19.8 Å². The lowest BCUT2D eigenvalue weighted by Gasteiger charge is -2.32. The Hall–Kier alpha value is -1.12. The highest BCUT2D eigenvalue weighted by atomic mass is 28.3. The lowest BCUT2D eigenvalue weighted by atomic mass is 9.93. The van der Waals surface area contributed by atoms with Crippen LogP contribution in [0.4, 0.5) is 0 Å². The summed E-state index contributed by atoms with van der Waals surface area (Å²) in [6.07, 6.45) is 0.786.